The summed E-state index contributed by atoms with van der Waals surface area (Å²) < 4.78 is 9.93. The van der Waals surface area contributed by atoms with Crippen LogP contribution in [0.5, 0.6) is 0 Å². The third-order valence-corrected chi connectivity index (χ3v) is 1.05. The Bertz CT molecular complexity index is 48.8. The summed E-state index contributed by atoms with van der Waals surface area (Å²) in [6.45, 7) is 3.60. The molecular weight excluding hydrogens is 132 g/mol. The van der Waals surface area contributed by atoms with E-state index in [0.717, 1.165) is 6.42 Å². The molecule has 61 valence electrons. The predicted molar refractivity (Wildman–Crippen MR) is 37.2 cm³/mol. The molecule has 0 fully saturated rings. The molecule has 10 heavy (non-hydrogen) atoms. The summed E-state index contributed by atoms with van der Waals surface area (Å²) >= 11 is 0. The van der Waals surface area contributed by atoms with Crippen molar-refractivity contribution in [1.29, 1.82) is 0 Å². The van der Waals surface area contributed by atoms with Gasteiger partial charge in [0.15, 0.2) is 0 Å². The number of rotatable bonds is 7. The monoisotopic (exact) mass is 147 g/mol. The molecular formula is C7H15O3. The second kappa shape index (κ2) is 8.88. The molecule has 0 aliphatic rings. The second-order valence-corrected chi connectivity index (χ2v) is 1.93. The molecule has 0 unspecified atom stereocenters. The summed E-state index contributed by atoms with van der Waals surface area (Å²) in [5.41, 5.74) is 0. The molecule has 1 radical (unpaired) electrons. The molecule has 0 aromatic rings. The van der Waals surface area contributed by atoms with Crippen molar-refractivity contribution in [3.63, 3.8) is 0 Å². The first-order valence-corrected chi connectivity index (χ1v) is 3.65. The van der Waals surface area contributed by atoms with Crippen molar-refractivity contribution in [2.75, 3.05) is 26.6 Å². The van der Waals surface area contributed by atoms with Gasteiger partial charge in [-0.05, 0) is 19.8 Å². The van der Waals surface area contributed by atoms with Gasteiger partial charge >= 0.3 is 0 Å². The summed E-state index contributed by atoms with van der Waals surface area (Å²) in [5.74, 6) is 0. The molecule has 0 aromatic heterocycles. The zero-order chi connectivity index (χ0) is 7.66. The lowest BCUT2D eigenvalue weighted by Gasteiger charge is -2.01. The average Bonchev–Trinajstić information content (AvgIpc) is 1.97. The molecule has 3 nitrogen and oxygen atoms in total. The minimum absolute atomic E-state index is 0.00199. The van der Waals surface area contributed by atoms with Crippen LogP contribution in [0.15, 0.2) is 0 Å². The highest BCUT2D eigenvalue weighted by Crippen LogP contribution is 1.88. The van der Waals surface area contributed by atoms with Crippen molar-refractivity contribution in [3.05, 3.63) is 0 Å². The van der Waals surface area contributed by atoms with E-state index >= 15 is 0 Å². The quantitative estimate of drug-likeness (QED) is 0.401. The van der Waals surface area contributed by atoms with Gasteiger partial charge in [0.2, 0.25) is 0 Å². The fourth-order valence-electron chi connectivity index (χ4n) is 0.507. The van der Waals surface area contributed by atoms with Crippen molar-refractivity contribution in [3.8, 4) is 0 Å². The lowest BCUT2D eigenvalue weighted by atomic mass is 10.3. The maximum absolute atomic E-state index is 9.93. The first kappa shape index (κ1) is 9.88. The summed E-state index contributed by atoms with van der Waals surface area (Å²) in [4.78, 5) is 0. The lowest BCUT2D eigenvalue weighted by Crippen LogP contribution is -2.01. The van der Waals surface area contributed by atoms with E-state index in [4.69, 9.17) is 9.47 Å². The SMILES string of the molecule is CCOCOCCCC[O]. The summed E-state index contributed by atoms with van der Waals surface area (Å²) in [7, 11) is 0. The van der Waals surface area contributed by atoms with Gasteiger partial charge in [0, 0.05) is 13.2 Å². The van der Waals surface area contributed by atoms with E-state index in [9.17, 15) is 5.11 Å². The van der Waals surface area contributed by atoms with Crippen molar-refractivity contribution in [2.24, 2.45) is 0 Å². The largest absolute Gasteiger partial charge is 0.356 e. The van der Waals surface area contributed by atoms with Crippen molar-refractivity contribution < 1.29 is 14.6 Å². The van der Waals surface area contributed by atoms with Gasteiger partial charge < -0.3 is 9.47 Å². The first-order chi connectivity index (χ1) is 4.91. The number of ether oxygens (including phenoxy) is 2. The van der Waals surface area contributed by atoms with Crippen LogP contribution in [0.25, 0.3) is 0 Å². The summed E-state index contributed by atoms with van der Waals surface area (Å²) in [5, 5.41) is 9.93. The second-order valence-electron chi connectivity index (χ2n) is 1.93. The molecule has 0 aromatic carbocycles. The van der Waals surface area contributed by atoms with Crippen molar-refractivity contribution in [1.82, 2.24) is 0 Å². The molecule has 0 spiro atoms. The van der Waals surface area contributed by atoms with Gasteiger partial charge in [0.05, 0.1) is 6.61 Å². The van der Waals surface area contributed by atoms with Crippen molar-refractivity contribution >= 4 is 0 Å². The summed E-state index contributed by atoms with van der Waals surface area (Å²) in [6, 6.07) is 0. The van der Waals surface area contributed by atoms with E-state index in [-0.39, 0.29) is 6.61 Å². The maximum atomic E-state index is 9.93. The Morgan fingerprint density at radius 1 is 1.20 bits per heavy atom. The molecule has 0 saturated carbocycles. The third-order valence-electron chi connectivity index (χ3n) is 1.05. The molecule has 0 bridgehead atoms. The Morgan fingerprint density at radius 2 is 2.00 bits per heavy atom. The van der Waals surface area contributed by atoms with E-state index in [1.165, 1.54) is 0 Å². The van der Waals surface area contributed by atoms with E-state index in [1.54, 1.807) is 0 Å². The molecule has 0 atom stereocenters. The smallest absolute Gasteiger partial charge is 0.146 e. The Kier molecular flexibility index (Phi) is 8.77. The molecule has 0 rings (SSSR count). The Balaban J connectivity index is 2.65. The highest BCUT2D eigenvalue weighted by Gasteiger charge is 1.87. The molecule has 0 saturated heterocycles. The standard InChI is InChI=1S/C7H15O3/c1-2-9-7-10-6-4-3-5-8/h2-7H2,1H3. The van der Waals surface area contributed by atoms with Crippen LogP contribution in [0.3, 0.4) is 0 Å². The fourth-order valence-corrected chi connectivity index (χ4v) is 0.507. The Labute approximate surface area is 62.0 Å². The first-order valence-electron chi connectivity index (χ1n) is 3.65. The third kappa shape index (κ3) is 7.88. The zero-order valence-electron chi connectivity index (χ0n) is 6.47. The van der Waals surface area contributed by atoms with E-state index in [1.807, 2.05) is 6.92 Å². The Hall–Kier alpha value is -0.120. The molecule has 0 aliphatic carbocycles. The van der Waals surface area contributed by atoms with Crippen LogP contribution in [-0.2, 0) is 14.6 Å². The Morgan fingerprint density at radius 3 is 2.60 bits per heavy atom. The highest BCUT2D eigenvalue weighted by molar-refractivity contribution is 4.33. The topological polar surface area (TPSA) is 38.4 Å². The van der Waals surface area contributed by atoms with Crippen LogP contribution in [-0.4, -0.2) is 26.6 Å². The van der Waals surface area contributed by atoms with Gasteiger partial charge in [-0.2, -0.15) is 0 Å². The molecule has 0 aliphatic heterocycles. The highest BCUT2D eigenvalue weighted by atomic mass is 16.7. The maximum Gasteiger partial charge on any atom is 0.146 e. The number of hydrogen-bond donors (Lipinski definition) is 0. The van der Waals surface area contributed by atoms with Gasteiger partial charge in [0.1, 0.15) is 6.79 Å². The minimum Gasteiger partial charge on any atom is -0.356 e. The zero-order valence-corrected chi connectivity index (χ0v) is 6.47. The van der Waals surface area contributed by atoms with Crippen LogP contribution in [0.2, 0.25) is 0 Å². The van der Waals surface area contributed by atoms with Crippen LogP contribution >= 0.6 is 0 Å². The normalized spacial score (nSPS) is 10.2. The van der Waals surface area contributed by atoms with E-state index in [2.05, 4.69) is 0 Å². The van der Waals surface area contributed by atoms with E-state index in [0.29, 0.717) is 26.4 Å². The van der Waals surface area contributed by atoms with Crippen LogP contribution in [0.4, 0.5) is 0 Å². The molecule has 0 heterocycles. The minimum atomic E-state index is -0.00199. The van der Waals surface area contributed by atoms with Gasteiger partial charge in [-0.25, -0.2) is 5.11 Å². The average molecular weight is 147 g/mol. The van der Waals surface area contributed by atoms with Gasteiger partial charge in [0.25, 0.3) is 0 Å². The number of unbranched alkanes of at least 4 members (excludes halogenated alkanes) is 1. The fraction of sp³-hybridized carbons (Fsp3) is 1.00. The van der Waals surface area contributed by atoms with Gasteiger partial charge in [-0.15, -0.1) is 0 Å². The van der Waals surface area contributed by atoms with E-state index < -0.39 is 0 Å². The molecule has 0 amide bonds. The molecule has 0 N–H and O–H groups in total. The predicted octanol–water partition coefficient (Wildman–Crippen LogP) is 1.21. The van der Waals surface area contributed by atoms with Gasteiger partial charge in [-0.3, -0.25) is 0 Å². The lowest BCUT2D eigenvalue weighted by molar-refractivity contribution is -0.0510. The summed E-state index contributed by atoms with van der Waals surface area (Å²) in [6.07, 6.45) is 1.54. The van der Waals surface area contributed by atoms with Crippen LogP contribution < -0.4 is 0 Å². The van der Waals surface area contributed by atoms with Crippen LogP contribution in [0.1, 0.15) is 19.8 Å². The van der Waals surface area contributed by atoms with Crippen LogP contribution in [0, 0.1) is 0 Å². The van der Waals surface area contributed by atoms with Crippen molar-refractivity contribution in [2.45, 2.75) is 19.8 Å². The molecule has 3 heteroatoms. The number of hydrogen-bond acceptors (Lipinski definition) is 2. The van der Waals surface area contributed by atoms with Gasteiger partial charge in [-0.1, -0.05) is 0 Å².